The Balaban J connectivity index is 2.74. The Morgan fingerprint density at radius 2 is 2.38 bits per heavy atom. The summed E-state index contributed by atoms with van der Waals surface area (Å²) in [4.78, 5) is 10.5. The zero-order chi connectivity index (χ0) is 10.1. The highest BCUT2D eigenvalue weighted by Gasteiger charge is 2.30. The molecule has 1 unspecified atom stereocenters. The van der Waals surface area contributed by atoms with Gasteiger partial charge in [-0.3, -0.25) is 4.68 Å². The average molecular weight is 184 g/mol. The molecule has 1 aromatic rings. The largest absolute Gasteiger partial charge is 0.479 e. The van der Waals surface area contributed by atoms with Crippen LogP contribution in [-0.2, 0) is 11.3 Å². The number of carbonyl (C=O) groups is 1. The van der Waals surface area contributed by atoms with Crippen molar-refractivity contribution in [2.45, 2.75) is 26.0 Å². The van der Waals surface area contributed by atoms with Crippen LogP contribution in [0.4, 0.5) is 0 Å². The summed E-state index contributed by atoms with van der Waals surface area (Å²) in [6.45, 7) is 2.99. The number of nitrogens with zero attached hydrogens (tertiary/aromatic N) is 2. The predicted molar refractivity (Wildman–Crippen MR) is 45.2 cm³/mol. The first kappa shape index (κ1) is 9.73. The van der Waals surface area contributed by atoms with Crippen LogP contribution in [0.25, 0.3) is 0 Å². The smallest absolute Gasteiger partial charge is 0.337 e. The summed E-state index contributed by atoms with van der Waals surface area (Å²) in [5, 5.41) is 22.0. The van der Waals surface area contributed by atoms with Gasteiger partial charge in [-0.15, -0.1) is 0 Å². The summed E-state index contributed by atoms with van der Waals surface area (Å²) in [6.07, 6.45) is 1.63. The molecule has 0 saturated carbocycles. The van der Waals surface area contributed by atoms with E-state index in [0.717, 1.165) is 5.69 Å². The minimum Gasteiger partial charge on any atom is -0.479 e. The minimum atomic E-state index is -1.77. The van der Waals surface area contributed by atoms with Crippen LogP contribution in [0.1, 0.15) is 12.6 Å². The third-order valence-electron chi connectivity index (χ3n) is 1.70. The van der Waals surface area contributed by atoms with Crippen molar-refractivity contribution in [1.29, 1.82) is 0 Å². The number of aromatic nitrogens is 2. The number of rotatable bonds is 3. The lowest BCUT2D eigenvalue weighted by Gasteiger charge is -2.17. The zero-order valence-electron chi connectivity index (χ0n) is 7.56. The van der Waals surface area contributed by atoms with Gasteiger partial charge in [0.05, 0.1) is 12.2 Å². The molecule has 1 aromatic heterocycles. The van der Waals surface area contributed by atoms with E-state index < -0.39 is 11.6 Å². The Kier molecular flexibility index (Phi) is 2.38. The standard InChI is InChI=1S/C8H12N2O3/c1-6-3-4-10(9-6)5-8(2,13)7(11)12/h3-4,13H,5H2,1-2H3,(H,11,12). The molecule has 0 fully saturated rings. The van der Waals surface area contributed by atoms with E-state index in [9.17, 15) is 9.90 Å². The van der Waals surface area contributed by atoms with Gasteiger partial charge in [0.1, 0.15) is 0 Å². The molecule has 72 valence electrons. The van der Waals surface area contributed by atoms with Crippen LogP contribution in [0.15, 0.2) is 12.3 Å². The molecule has 1 heterocycles. The van der Waals surface area contributed by atoms with Crippen LogP contribution in [-0.4, -0.2) is 31.6 Å². The second-order valence-corrected chi connectivity index (χ2v) is 3.23. The molecule has 1 atom stereocenters. The van der Waals surface area contributed by atoms with Crippen LogP contribution in [0.5, 0.6) is 0 Å². The Bertz CT molecular complexity index is 317. The molecule has 0 aliphatic rings. The fourth-order valence-corrected chi connectivity index (χ4v) is 0.934. The maximum Gasteiger partial charge on any atom is 0.337 e. The minimum absolute atomic E-state index is 0.0455. The van der Waals surface area contributed by atoms with E-state index in [1.807, 2.05) is 0 Å². The number of hydrogen-bond acceptors (Lipinski definition) is 3. The van der Waals surface area contributed by atoms with Crippen molar-refractivity contribution in [3.8, 4) is 0 Å². The van der Waals surface area contributed by atoms with E-state index in [1.54, 1.807) is 19.2 Å². The summed E-state index contributed by atoms with van der Waals surface area (Å²) in [5.41, 5.74) is -0.973. The number of aliphatic hydroxyl groups is 1. The van der Waals surface area contributed by atoms with Crippen molar-refractivity contribution in [3.05, 3.63) is 18.0 Å². The Morgan fingerprint density at radius 3 is 2.77 bits per heavy atom. The van der Waals surface area contributed by atoms with Gasteiger partial charge in [0, 0.05) is 6.20 Å². The molecule has 5 heteroatoms. The molecule has 0 bridgehead atoms. The number of aliphatic carboxylic acids is 1. The van der Waals surface area contributed by atoms with Gasteiger partial charge in [0.15, 0.2) is 5.60 Å². The fourth-order valence-electron chi connectivity index (χ4n) is 0.934. The van der Waals surface area contributed by atoms with Crippen molar-refractivity contribution >= 4 is 5.97 Å². The molecular weight excluding hydrogens is 172 g/mol. The lowest BCUT2D eigenvalue weighted by atomic mass is 10.1. The molecule has 0 aliphatic heterocycles. The Hall–Kier alpha value is -1.36. The van der Waals surface area contributed by atoms with Gasteiger partial charge in [-0.2, -0.15) is 5.10 Å². The van der Waals surface area contributed by atoms with Gasteiger partial charge in [-0.25, -0.2) is 4.79 Å². The van der Waals surface area contributed by atoms with E-state index in [1.165, 1.54) is 11.6 Å². The van der Waals surface area contributed by atoms with Crippen molar-refractivity contribution in [2.24, 2.45) is 0 Å². The zero-order valence-corrected chi connectivity index (χ0v) is 7.56. The van der Waals surface area contributed by atoms with Gasteiger partial charge in [-0.05, 0) is 19.9 Å². The van der Waals surface area contributed by atoms with Crippen LogP contribution < -0.4 is 0 Å². The maximum atomic E-state index is 10.5. The SMILES string of the molecule is Cc1ccn(CC(C)(O)C(=O)O)n1. The van der Waals surface area contributed by atoms with Crippen molar-refractivity contribution in [2.75, 3.05) is 0 Å². The van der Waals surface area contributed by atoms with E-state index in [0.29, 0.717) is 0 Å². The molecule has 0 saturated heterocycles. The van der Waals surface area contributed by atoms with Gasteiger partial charge in [0.25, 0.3) is 0 Å². The monoisotopic (exact) mass is 184 g/mol. The predicted octanol–water partition coefficient (Wildman–Crippen LogP) is 0.0271. The van der Waals surface area contributed by atoms with Gasteiger partial charge >= 0.3 is 5.97 Å². The number of hydrogen-bond donors (Lipinski definition) is 2. The maximum absolute atomic E-state index is 10.5. The molecule has 13 heavy (non-hydrogen) atoms. The lowest BCUT2D eigenvalue weighted by molar-refractivity contribution is -0.158. The van der Waals surface area contributed by atoms with E-state index in [2.05, 4.69) is 5.10 Å². The van der Waals surface area contributed by atoms with Gasteiger partial charge in [-0.1, -0.05) is 0 Å². The summed E-state index contributed by atoms with van der Waals surface area (Å²) in [6, 6.07) is 1.75. The van der Waals surface area contributed by atoms with Crippen LogP contribution >= 0.6 is 0 Å². The molecule has 2 N–H and O–H groups in total. The first-order valence-corrected chi connectivity index (χ1v) is 3.87. The highest BCUT2D eigenvalue weighted by molar-refractivity contribution is 5.76. The van der Waals surface area contributed by atoms with E-state index in [4.69, 9.17) is 5.11 Å². The second kappa shape index (κ2) is 3.18. The summed E-state index contributed by atoms with van der Waals surface area (Å²) in [7, 11) is 0. The van der Waals surface area contributed by atoms with Crippen LogP contribution in [0.2, 0.25) is 0 Å². The van der Waals surface area contributed by atoms with E-state index >= 15 is 0 Å². The number of carboxylic acids is 1. The summed E-state index contributed by atoms with van der Waals surface area (Å²) < 4.78 is 1.41. The average Bonchev–Trinajstić information content (AvgIpc) is 2.34. The molecule has 0 aromatic carbocycles. The summed E-state index contributed by atoms with van der Waals surface area (Å²) in [5.74, 6) is -1.25. The van der Waals surface area contributed by atoms with Crippen molar-refractivity contribution in [3.63, 3.8) is 0 Å². The van der Waals surface area contributed by atoms with E-state index in [-0.39, 0.29) is 6.54 Å². The van der Waals surface area contributed by atoms with Crippen LogP contribution in [0, 0.1) is 6.92 Å². The quantitative estimate of drug-likeness (QED) is 0.694. The van der Waals surface area contributed by atoms with Gasteiger partial charge < -0.3 is 10.2 Å². The number of carboxylic acid groups (broad SMARTS) is 1. The fraction of sp³-hybridized carbons (Fsp3) is 0.500. The highest BCUT2D eigenvalue weighted by atomic mass is 16.4. The first-order valence-electron chi connectivity index (χ1n) is 3.87. The molecule has 5 nitrogen and oxygen atoms in total. The first-order chi connectivity index (χ1) is 5.92. The molecule has 1 rings (SSSR count). The normalized spacial score (nSPS) is 15.3. The molecule has 0 radical (unpaired) electrons. The van der Waals surface area contributed by atoms with Crippen molar-refractivity contribution in [1.82, 2.24) is 9.78 Å². The summed E-state index contributed by atoms with van der Waals surface area (Å²) >= 11 is 0. The second-order valence-electron chi connectivity index (χ2n) is 3.23. The number of aryl methyl sites for hydroxylation is 1. The Morgan fingerprint density at radius 1 is 1.77 bits per heavy atom. The highest BCUT2D eigenvalue weighted by Crippen LogP contribution is 2.07. The third-order valence-corrected chi connectivity index (χ3v) is 1.70. The molecular formula is C8H12N2O3. The third kappa shape index (κ3) is 2.29. The molecule has 0 amide bonds. The van der Waals surface area contributed by atoms with Crippen LogP contribution in [0.3, 0.4) is 0 Å². The Labute approximate surface area is 75.6 Å². The van der Waals surface area contributed by atoms with Crippen molar-refractivity contribution < 1.29 is 15.0 Å². The van der Waals surface area contributed by atoms with Gasteiger partial charge in [0.2, 0.25) is 0 Å². The molecule has 0 spiro atoms. The molecule has 0 aliphatic carbocycles. The topological polar surface area (TPSA) is 75.4 Å². The lowest BCUT2D eigenvalue weighted by Crippen LogP contribution is -2.39.